The summed E-state index contributed by atoms with van der Waals surface area (Å²) in [4.78, 5) is 19.0. The van der Waals surface area contributed by atoms with Gasteiger partial charge in [0.25, 0.3) is 0 Å². The van der Waals surface area contributed by atoms with Crippen LogP contribution in [0.3, 0.4) is 0 Å². The van der Waals surface area contributed by atoms with Crippen LogP contribution >= 0.6 is 0 Å². The van der Waals surface area contributed by atoms with Crippen molar-refractivity contribution in [2.75, 3.05) is 13.2 Å². The van der Waals surface area contributed by atoms with Gasteiger partial charge in [0.15, 0.2) is 0 Å². The minimum absolute atomic E-state index is 0.0648. The van der Waals surface area contributed by atoms with Gasteiger partial charge in [0, 0.05) is 13.2 Å². The van der Waals surface area contributed by atoms with Gasteiger partial charge in [-0.15, -0.1) is 0 Å². The van der Waals surface area contributed by atoms with Gasteiger partial charge >= 0.3 is 8.56 Å². The molecule has 2 aromatic carbocycles. The van der Waals surface area contributed by atoms with Crippen LogP contribution in [0.25, 0.3) is 0 Å². The fourth-order valence-electron chi connectivity index (χ4n) is 2.26. The van der Waals surface area contributed by atoms with Gasteiger partial charge in [0.05, 0.1) is 11.9 Å². The van der Waals surface area contributed by atoms with Crippen molar-refractivity contribution in [1.29, 1.82) is 0 Å². The van der Waals surface area contributed by atoms with E-state index < -0.39 is 20.5 Å². The lowest BCUT2D eigenvalue weighted by Crippen LogP contribution is -2.63. The molecular weight excluding hydrogens is 412 g/mol. The van der Waals surface area contributed by atoms with E-state index in [0.29, 0.717) is 13.2 Å². The Hall–Kier alpha value is -3.00. The van der Waals surface area contributed by atoms with E-state index in [4.69, 9.17) is 8.85 Å². The maximum absolute atomic E-state index is 9.49. The number of rotatable bonds is 8. The van der Waals surface area contributed by atoms with Crippen LogP contribution in [0, 0.1) is 0 Å². The van der Waals surface area contributed by atoms with Crippen molar-refractivity contribution in [3.63, 3.8) is 0 Å². The molecule has 168 valence electrons. The number of carbonyl (C=O) groups excluding carboxylic acids is 2. The molecule has 2 rings (SSSR count). The molecule has 31 heavy (non-hydrogen) atoms. The second-order valence-electron chi connectivity index (χ2n) is 6.35. The van der Waals surface area contributed by atoms with E-state index in [0.717, 1.165) is 10.4 Å². The predicted octanol–water partition coefficient (Wildman–Crippen LogP) is 0.941. The highest BCUT2D eigenvalue weighted by molar-refractivity contribution is 6.92. The number of hydrogen-bond acceptors (Lipinski definition) is 6. The maximum atomic E-state index is 9.49. The van der Waals surface area contributed by atoms with Crippen molar-refractivity contribution < 1.29 is 28.7 Å². The van der Waals surface area contributed by atoms with Gasteiger partial charge < -0.3 is 28.7 Å². The van der Waals surface area contributed by atoms with Crippen molar-refractivity contribution in [1.82, 2.24) is 0 Å². The second-order valence-corrected chi connectivity index (χ2v) is 9.32. The summed E-state index contributed by atoms with van der Waals surface area (Å²) in [6.07, 6.45) is 0. The van der Waals surface area contributed by atoms with Crippen molar-refractivity contribution in [3.8, 4) is 0 Å². The molecule has 0 spiro atoms. The van der Waals surface area contributed by atoms with Gasteiger partial charge in [0.2, 0.25) is 0 Å². The number of hydrogen-bond donors (Lipinski definition) is 0. The largest absolute Gasteiger partial charge is 0.545 e. The number of carbonyl (C=O) groups is 2. The molecule has 0 atom stereocenters. The second kappa shape index (κ2) is 14.9. The lowest BCUT2D eigenvalue weighted by atomic mass is 10.4. The minimum atomic E-state index is -2.55. The molecule has 0 bridgehead atoms. The first kappa shape index (κ1) is 28.0. The highest BCUT2D eigenvalue weighted by Crippen LogP contribution is 2.09. The molecule has 2 aromatic rings. The Labute approximate surface area is 185 Å². The van der Waals surface area contributed by atoms with Gasteiger partial charge in [-0.25, -0.2) is 0 Å². The summed E-state index contributed by atoms with van der Waals surface area (Å²) in [6.45, 7) is 14.3. The Bertz CT molecular complexity index is 738. The van der Waals surface area contributed by atoms with Gasteiger partial charge in [0.1, 0.15) is 0 Å². The molecule has 0 unspecified atom stereocenters. The average Bonchev–Trinajstić information content (AvgIpc) is 2.75. The van der Waals surface area contributed by atoms with Crippen LogP contribution in [0.2, 0.25) is 0 Å². The molecule has 0 saturated carbocycles. The van der Waals surface area contributed by atoms with E-state index in [1.807, 2.05) is 50.2 Å². The quantitative estimate of drug-likeness (QED) is 0.446. The third-order valence-electron chi connectivity index (χ3n) is 3.70. The Morgan fingerprint density at radius 2 is 1.00 bits per heavy atom. The molecule has 6 nitrogen and oxygen atoms in total. The zero-order valence-electron chi connectivity index (χ0n) is 18.6. The maximum Gasteiger partial charge on any atom is 0.407 e. The average molecular weight is 443 g/mol. The van der Waals surface area contributed by atoms with E-state index >= 15 is 0 Å². The molecule has 0 heterocycles. The summed E-state index contributed by atoms with van der Waals surface area (Å²) < 4.78 is 12.3. The Morgan fingerprint density at radius 1 is 0.742 bits per heavy atom. The Balaban J connectivity index is 0.000000620. The molecule has 0 aliphatic rings. The fourth-order valence-corrected chi connectivity index (χ4v) is 5.42. The molecule has 0 aliphatic carbocycles. The van der Waals surface area contributed by atoms with Crippen molar-refractivity contribution in [2.24, 2.45) is 0 Å². The number of carboxylic acids is 2. The van der Waals surface area contributed by atoms with Crippen molar-refractivity contribution in [3.05, 3.63) is 85.0 Å². The fraction of sp³-hybridized carbons (Fsp3) is 0.250. The summed E-state index contributed by atoms with van der Waals surface area (Å²) >= 11 is 0. The van der Waals surface area contributed by atoms with Crippen LogP contribution in [0.4, 0.5) is 0 Å². The highest BCUT2D eigenvalue weighted by Gasteiger charge is 2.41. The molecule has 0 aliphatic heterocycles. The van der Waals surface area contributed by atoms with Crippen LogP contribution in [-0.2, 0) is 18.4 Å². The number of aliphatic carboxylic acids is 2. The molecule has 0 N–H and O–H groups in total. The van der Waals surface area contributed by atoms with Crippen molar-refractivity contribution in [2.45, 2.75) is 27.7 Å². The third-order valence-corrected chi connectivity index (χ3v) is 7.28. The summed E-state index contributed by atoms with van der Waals surface area (Å²) in [6, 6.07) is 20.6. The number of benzene rings is 2. The van der Waals surface area contributed by atoms with Crippen molar-refractivity contribution >= 4 is 30.9 Å². The van der Waals surface area contributed by atoms with Gasteiger partial charge in [-0.3, -0.25) is 0 Å². The zero-order valence-corrected chi connectivity index (χ0v) is 19.6. The highest BCUT2D eigenvalue weighted by atomic mass is 28.4. The molecule has 0 saturated heterocycles. The van der Waals surface area contributed by atoms with E-state index in [-0.39, 0.29) is 11.1 Å². The van der Waals surface area contributed by atoms with E-state index in [1.165, 1.54) is 13.8 Å². The van der Waals surface area contributed by atoms with Gasteiger partial charge in [-0.1, -0.05) is 73.8 Å². The van der Waals surface area contributed by atoms with E-state index in [9.17, 15) is 19.8 Å². The van der Waals surface area contributed by atoms with E-state index in [1.54, 1.807) is 0 Å². The van der Waals surface area contributed by atoms with Gasteiger partial charge in [-0.2, -0.15) is 0 Å². The predicted molar refractivity (Wildman–Crippen MR) is 121 cm³/mol. The first-order valence-corrected chi connectivity index (χ1v) is 11.6. The SMILES string of the molecule is C=C(C)C(=O)[O-].C=C(C)C(=O)[O-].CCO[Si](OCC)(c1ccccc1)c1ccccc1. The topological polar surface area (TPSA) is 98.7 Å². The van der Waals surface area contributed by atoms with Crippen LogP contribution in [0.15, 0.2) is 85.0 Å². The summed E-state index contributed by atoms with van der Waals surface area (Å²) in [5.74, 6) is -2.37. The number of carboxylic acid groups (broad SMARTS) is 2. The van der Waals surface area contributed by atoms with Crippen LogP contribution in [-0.4, -0.2) is 33.7 Å². The molecule has 0 aromatic heterocycles. The zero-order chi connectivity index (χ0) is 23.9. The standard InChI is InChI=1S/C16H20O2Si.2C4H6O2/c1-3-17-19(18-4-2,15-11-7-5-8-12-15)16-13-9-6-10-14-16;2*1-3(2)4(5)6/h5-14H,3-4H2,1-2H3;2*1H2,2H3,(H,5,6)/p-2. The Morgan fingerprint density at radius 3 is 1.19 bits per heavy atom. The Kier molecular flexibility index (Phi) is 13.5. The van der Waals surface area contributed by atoms with Crippen LogP contribution in [0.1, 0.15) is 27.7 Å². The summed E-state index contributed by atoms with van der Waals surface area (Å²) in [5, 5.41) is 21.3. The summed E-state index contributed by atoms with van der Waals surface area (Å²) in [5.41, 5.74) is 0.130. The third kappa shape index (κ3) is 10.0. The monoisotopic (exact) mass is 442 g/mol. The normalized spacial score (nSPS) is 9.94. The minimum Gasteiger partial charge on any atom is -0.545 e. The first-order valence-electron chi connectivity index (χ1n) is 9.74. The van der Waals surface area contributed by atoms with E-state index in [2.05, 4.69) is 37.4 Å². The lowest BCUT2D eigenvalue weighted by Gasteiger charge is -2.30. The smallest absolute Gasteiger partial charge is 0.407 e. The lowest BCUT2D eigenvalue weighted by molar-refractivity contribution is -0.300. The van der Waals surface area contributed by atoms with Crippen LogP contribution < -0.4 is 20.6 Å². The van der Waals surface area contributed by atoms with Crippen LogP contribution in [0.5, 0.6) is 0 Å². The summed E-state index contributed by atoms with van der Waals surface area (Å²) in [7, 11) is -2.55. The van der Waals surface area contributed by atoms with Gasteiger partial charge in [-0.05, 0) is 49.2 Å². The first-order chi connectivity index (χ1) is 14.6. The molecular formula is C24H30O6Si-2. The molecule has 0 fully saturated rings. The molecule has 7 heteroatoms. The molecule has 0 radical (unpaired) electrons. The molecule has 0 amide bonds.